The van der Waals surface area contributed by atoms with Gasteiger partial charge in [0, 0.05) is 6.54 Å². The van der Waals surface area contributed by atoms with E-state index in [-0.39, 0.29) is 5.91 Å². The van der Waals surface area contributed by atoms with E-state index in [1.165, 1.54) is 0 Å². The van der Waals surface area contributed by atoms with Gasteiger partial charge in [0.15, 0.2) is 0 Å². The fraction of sp³-hybridized carbons (Fsp3) is 0.231. The van der Waals surface area contributed by atoms with E-state index >= 15 is 0 Å². The van der Waals surface area contributed by atoms with E-state index in [4.69, 9.17) is 21.3 Å². The Bertz CT molecular complexity index is 1230. The maximum atomic E-state index is 12.6. The van der Waals surface area contributed by atoms with Gasteiger partial charge in [-0.25, -0.2) is 4.98 Å². The Morgan fingerprint density at radius 2 is 1.72 bits per heavy atom. The Morgan fingerprint density at radius 1 is 1.00 bits per heavy atom. The maximum absolute atomic E-state index is 12.6. The van der Waals surface area contributed by atoms with Gasteiger partial charge in [-0.15, -0.1) is 0 Å². The summed E-state index contributed by atoms with van der Waals surface area (Å²) in [5.74, 6) is 1.54. The first-order valence-corrected chi connectivity index (χ1v) is 11.1. The fourth-order valence-electron chi connectivity index (χ4n) is 3.83. The monoisotopic (exact) mass is 447 g/mol. The van der Waals surface area contributed by atoms with Crippen molar-refractivity contribution < 1.29 is 9.53 Å². The highest BCUT2D eigenvalue weighted by atomic mass is 35.5. The number of aromatic nitrogens is 2. The van der Waals surface area contributed by atoms with E-state index in [0.29, 0.717) is 23.7 Å². The van der Waals surface area contributed by atoms with Crippen LogP contribution in [0.5, 0.6) is 5.75 Å². The molecule has 0 atom stereocenters. The lowest BCUT2D eigenvalue weighted by atomic mass is 10.1. The largest absolute Gasteiger partial charge is 0.493 e. The van der Waals surface area contributed by atoms with Crippen LogP contribution in [0.15, 0.2) is 66.7 Å². The molecule has 0 fully saturated rings. The summed E-state index contributed by atoms with van der Waals surface area (Å²) in [6, 6.07) is 21.2. The van der Waals surface area contributed by atoms with E-state index in [1.807, 2.05) is 30.3 Å². The van der Waals surface area contributed by atoms with Crippen LogP contribution in [-0.4, -0.2) is 22.1 Å². The fourth-order valence-corrected chi connectivity index (χ4v) is 4.06. The number of halogens is 1. The number of hydrogen-bond acceptors (Lipinski definition) is 3. The molecular weight excluding hydrogens is 422 g/mol. The molecule has 32 heavy (non-hydrogen) atoms. The zero-order chi connectivity index (χ0) is 22.5. The number of nitrogens with zero attached hydrogens (tertiary/aromatic N) is 2. The number of rotatable bonds is 8. The number of fused-ring (bicyclic) bond motifs is 1. The van der Waals surface area contributed by atoms with Crippen LogP contribution in [0.3, 0.4) is 0 Å². The number of imidazole rings is 1. The normalized spacial score (nSPS) is 11.0. The lowest BCUT2D eigenvalue weighted by molar-refractivity contribution is 0.0949. The predicted octanol–water partition coefficient (Wildman–Crippen LogP) is 5.71. The summed E-state index contributed by atoms with van der Waals surface area (Å²) in [5, 5.41) is 3.38. The standard InChI is InChI=1S/C26H26ClN3O2/c1-18-9-7-10-19(2)25(18)32-16-8-15-30-23-14-6-5-13-22(23)29-24(30)17-28-26(31)20-11-3-4-12-21(20)27/h3-7,9-14H,8,15-17H2,1-2H3,(H,28,31). The van der Waals surface area contributed by atoms with Crippen molar-refractivity contribution in [3.05, 3.63) is 94.3 Å². The smallest absolute Gasteiger partial charge is 0.253 e. The van der Waals surface area contributed by atoms with Gasteiger partial charge in [-0.3, -0.25) is 4.79 Å². The predicted molar refractivity (Wildman–Crippen MR) is 128 cm³/mol. The Kier molecular flexibility index (Phi) is 6.76. The van der Waals surface area contributed by atoms with E-state index in [1.54, 1.807) is 24.3 Å². The molecule has 6 heteroatoms. The second-order valence-electron chi connectivity index (χ2n) is 7.75. The highest BCUT2D eigenvalue weighted by molar-refractivity contribution is 6.33. The van der Waals surface area contributed by atoms with Gasteiger partial charge in [0.05, 0.1) is 34.8 Å². The van der Waals surface area contributed by atoms with Crippen molar-refractivity contribution in [1.82, 2.24) is 14.9 Å². The van der Waals surface area contributed by atoms with Crippen molar-refractivity contribution in [1.29, 1.82) is 0 Å². The van der Waals surface area contributed by atoms with Crippen LogP contribution >= 0.6 is 11.6 Å². The molecule has 0 aliphatic carbocycles. The quantitative estimate of drug-likeness (QED) is 0.352. The first kappa shape index (κ1) is 21.9. The summed E-state index contributed by atoms with van der Waals surface area (Å²) < 4.78 is 8.22. The lowest BCUT2D eigenvalue weighted by Crippen LogP contribution is -2.25. The molecule has 0 aliphatic rings. The number of benzene rings is 3. The van der Waals surface area contributed by atoms with Crippen LogP contribution in [0.25, 0.3) is 11.0 Å². The molecule has 1 aromatic heterocycles. The number of ether oxygens (including phenoxy) is 1. The van der Waals surface area contributed by atoms with Crippen LogP contribution in [0.1, 0.15) is 33.7 Å². The van der Waals surface area contributed by atoms with Gasteiger partial charge in [-0.05, 0) is 55.7 Å². The summed E-state index contributed by atoms with van der Waals surface area (Å²) in [6.07, 6.45) is 0.819. The van der Waals surface area contributed by atoms with Gasteiger partial charge in [0.1, 0.15) is 11.6 Å². The third kappa shape index (κ3) is 4.78. The Labute approximate surface area is 193 Å². The third-order valence-corrected chi connectivity index (χ3v) is 5.77. The van der Waals surface area contributed by atoms with E-state index in [0.717, 1.165) is 46.7 Å². The molecule has 4 rings (SSSR count). The highest BCUT2D eigenvalue weighted by Gasteiger charge is 2.14. The van der Waals surface area contributed by atoms with Crippen molar-refractivity contribution in [2.24, 2.45) is 0 Å². The molecule has 5 nitrogen and oxygen atoms in total. The van der Waals surface area contributed by atoms with Crippen LogP contribution in [0, 0.1) is 13.8 Å². The van der Waals surface area contributed by atoms with Crippen molar-refractivity contribution in [3.63, 3.8) is 0 Å². The molecule has 164 valence electrons. The summed E-state index contributed by atoms with van der Waals surface area (Å²) in [6.45, 7) is 5.78. The van der Waals surface area contributed by atoms with E-state index in [9.17, 15) is 4.79 Å². The zero-order valence-electron chi connectivity index (χ0n) is 18.3. The summed E-state index contributed by atoms with van der Waals surface area (Å²) >= 11 is 6.16. The molecule has 0 radical (unpaired) electrons. The Balaban J connectivity index is 1.45. The zero-order valence-corrected chi connectivity index (χ0v) is 19.0. The SMILES string of the molecule is Cc1cccc(C)c1OCCCn1c(CNC(=O)c2ccccc2Cl)nc2ccccc21. The maximum Gasteiger partial charge on any atom is 0.253 e. The average Bonchev–Trinajstić information content (AvgIpc) is 3.14. The van der Waals surface area contributed by atoms with Crippen molar-refractivity contribution in [2.75, 3.05) is 6.61 Å². The van der Waals surface area contributed by atoms with Crippen molar-refractivity contribution >= 4 is 28.5 Å². The molecule has 1 amide bonds. The lowest BCUT2D eigenvalue weighted by Gasteiger charge is -2.14. The minimum atomic E-state index is -0.215. The number of carbonyl (C=O) groups excluding carboxylic acids is 1. The molecular formula is C26H26ClN3O2. The first-order valence-electron chi connectivity index (χ1n) is 10.7. The third-order valence-electron chi connectivity index (χ3n) is 5.44. The molecule has 4 aromatic rings. The van der Waals surface area contributed by atoms with Gasteiger partial charge in [0.2, 0.25) is 0 Å². The molecule has 3 aromatic carbocycles. The summed E-state index contributed by atoms with van der Waals surface area (Å²) in [7, 11) is 0. The van der Waals surface area contributed by atoms with E-state index in [2.05, 4.69) is 35.9 Å². The number of aryl methyl sites for hydroxylation is 3. The number of hydrogen-bond donors (Lipinski definition) is 1. The second-order valence-corrected chi connectivity index (χ2v) is 8.16. The van der Waals surface area contributed by atoms with Crippen LogP contribution < -0.4 is 10.1 Å². The molecule has 0 bridgehead atoms. The van der Waals surface area contributed by atoms with Gasteiger partial charge in [-0.1, -0.05) is 54.1 Å². The second kappa shape index (κ2) is 9.88. The molecule has 0 spiro atoms. The molecule has 1 N–H and O–H groups in total. The van der Waals surface area contributed by atoms with Crippen molar-refractivity contribution in [3.8, 4) is 5.75 Å². The Morgan fingerprint density at radius 3 is 2.50 bits per heavy atom. The summed E-state index contributed by atoms with van der Waals surface area (Å²) in [5.41, 5.74) is 4.69. The number of amides is 1. The van der Waals surface area contributed by atoms with Gasteiger partial charge in [-0.2, -0.15) is 0 Å². The minimum absolute atomic E-state index is 0.215. The molecule has 1 heterocycles. The minimum Gasteiger partial charge on any atom is -0.493 e. The van der Waals surface area contributed by atoms with Gasteiger partial charge >= 0.3 is 0 Å². The number of para-hydroxylation sites is 3. The van der Waals surface area contributed by atoms with Gasteiger partial charge < -0.3 is 14.6 Å². The molecule has 0 saturated carbocycles. The molecule has 0 aliphatic heterocycles. The summed E-state index contributed by atoms with van der Waals surface area (Å²) in [4.78, 5) is 17.3. The highest BCUT2D eigenvalue weighted by Crippen LogP contribution is 2.23. The topological polar surface area (TPSA) is 56.1 Å². The number of nitrogens with one attached hydrogen (secondary N) is 1. The first-order chi connectivity index (χ1) is 15.5. The van der Waals surface area contributed by atoms with E-state index < -0.39 is 0 Å². The molecule has 0 unspecified atom stereocenters. The van der Waals surface area contributed by atoms with Crippen molar-refractivity contribution in [2.45, 2.75) is 33.4 Å². The van der Waals surface area contributed by atoms with Crippen LogP contribution in [0.2, 0.25) is 5.02 Å². The van der Waals surface area contributed by atoms with Crippen LogP contribution in [-0.2, 0) is 13.1 Å². The average molecular weight is 448 g/mol. The Hall–Kier alpha value is -3.31. The van der Waals surface area contributed by atoms with Gasteiger partial charge in [0.25, 0.3) is 5.91 Å². The number of carbonyl (C=O) groups is 1. The van der Waals surface area contributed by atoms with Crippen LogP contribution in [0.4, 0.5) is 0 Å². The molecule has 0 saturated heterocycles.